The summed E-state index contributed by atoms with van der Waals surface area (Å²) < 4.78 is 27.1. The van der Waals surface area contributed by atoms with Crippen molar-refractivity contribution in [3.63, 3.8) is 0 Å². The third-order valence-corrected chi connectivity index (χ3v) is 6.98. The first kappa shape index (κ1) is 19.1. The molecule has 0 aliphatic carbocycles. The Bertz CT molecular complexity index is 796. The van der Waals surface area contributed by atoms with E-state index in [1.807, 2.05) is 37.3 Å². The van der Waals surface area contributed by atoms with Crippen LogP contribution in [0.3, 0.4) is 0 Å². The topological polar surface area (TPSA) is 40.6 Å². The number of benzene rings is 2. The molecule has 4 nitrogen and oxygen atoms in total. The standard InChI is InChI=1S/C21H28N2O2S/c1-18-8-10-21(11-9-18)17-26(24,25)23-14-12-22(13-15-23)19(2)16-20-6-4-3-5-7-20/h3-11,19H,12-17H2,1-2H3. The largest absolute Gasteiger partial charge is 0.298 e. The van der Waals surface area contributed by atoms with E-state index in [-0.39, 0.29) is 5.75 Å². The number of piperazine rings is 1. The zero-order valence-electron chi connectivity index (χ0n) is 15.6. The van der Waals surface area contributed by atoms with E-state index in [9.17, 15) is 8.42 Å². The van der Waals surface area contributed by atoms with Gasteiger partial charge in [0.2, 0.25) is 10.0 Å². The molecule has 0 bridgehead atoms. The lowest BCUT2D eigenvalue weighted by Gasteiger charge is -2.37. The summed E-state index contributed by atoms with van der Waals surface area (Å²) in [6, 6.07) is 18.6. The molecule has 1 saturated heterocycles. The molecule has 26 heavy (non-hydrogen) atoms. The van der Waals surface area contributed by atoms with Crippen LogP contribution in [0.4, 0.5) is 0 Å². The minimum Gasteiger partial charge on any atom is -0.298 e. The van der Waals surface area contributed by atoms with Crippen molar-refractivity contribution < 1.29 is 8.42 Å². The van der Waals surface area contributed by atoms with Gasteiger partial charge < -0.3 is 0 Å². The summed E-state index contributed by atoms with van der Waals surface area (Å²) >= 11 is 0. The minimum absolute atomic E-state index is 0.0901. The highest BCUT2D eigenvalue weighted by molar-refractivity contribution is 7.88. The van der Waals surface area contributed by atoms with Crippen LogP contribution in [0, 0.1) is 6.92 Å². The Hall–Kier alpha value is -1.69. The Kier molecular flexibility index (Phi) is 6.12. The predicted octanol–water partition coefficient (Wildman–Crippen LogP) is 3.07. The smallest absolute Gasteiger partial charge is 0.218 e. The average Bonchev–Trinajstić information content (AvgIpc) is 2.64. The van der Waals surface area contributed by atoms with Crippen molar-refractivity contribution in [3.8, 4) is 0 Å². The Morgan fingerprint density at radius 3 is 2.12 bits per heavy atom. The van der Waals surface area contributed by atoms with E-state index in [2.05, 4.69) is 36.1 Å². The van der Waals surface area contributed by atoms with Crippen molar-refractivity contribution in [2.45, 2.75) is 32.1 Å². The van der Waals surface area contributed by atoms with Gasteiger partial charge in [-0.2, -0.15) is 4.31 Å². The van der Waals surface area contributed by atoms with E-state index in [1.165, 1.54) is 5.56 Å². The summed E-state index contributed by atoms with van der Waals surface area (Å²) in [5, 5.41) is 0. The molecule has 0 saturated carbocycles. The second-order valence-electron chi connectivity index (χ2n) is 7.22. The van der Waals surface area contributed by atoms with E-state index in [1.54, 1.807) is 4.31 Å². The summed E-state index contributed by atoms with van der Waals surface area (Å²) in [6.07, 6.45) is 0.997. The second-order valence-corrected chi connectivity index (χ2v) is 9.18. The van der Waals surface area contributed by atoms with Gasteiger partial charge in [-0.05, 0) is 31.4 Å². The molecular formula is C21H28N2O2S. The first-order valence-corrected chi connectivity index (χ1v) is 10.9. The summed E-state index contributed by atoms with van der Waals surface area (Å²) in [5.74, 6) is 0.0901. The van der Waals surface area contributed by atoms with E-state index in [0.29, 0.717) is 19.1 Å². The molecule has 5 heteroatoms. The molecular weight excluding hydrogens is 344 g/mol. The van der Waals surface area contributed by atoms with Gasteiger partial charge in [0.25, 0.3) is 0 Å². The Labute approximate surface area is 157 Å². The molecule has 1 aliphatic heterocycles. The normalized spacial score (nSPS) is 17.9. The molecule has 1 aliphatic rings. The van der Waals surface area contributed by atoms with Crippen LogP contribution in [-0.4, -0.2) is 49.8 Å². The molecule has 2 aromatic rings. The van der Waals surface area contributed by atoms with E-state index in [0.717, 1.165) is 30.6 Å². The maximum Gasteiger partial charge on any atom is 0.218 e. The van der Waals surface area contributed by atoms with Crippen molar-refractivity contribution in [2.24, 2.45) is 0 Å². The van der Waals surface area contributed by atoms with Gasteiger partial charge in [-0.15, -0.1) is 0 Å². The summed E-state index contributed by atoms with van der Waals surface area (Å²) in [5.41, 5.74) is 3.33. The lowest BCUT2D eigenvalue weighted by Crippen LogP contribution is -2.51. The number of hydrogen-bond acceptors (Lipinski definition) is 3. The molecule has 3 rings (SSSR count). The third-order valence-electron chi connectivity index (χ3n) is 5.13. The van der Waals surface area contributed by atoms with Crippen LogP contribution < -0.4 is 0 Å². The van der Waals surface area contributed by atoms with Gasteiger partial charge >= 0.3 is 0 Å². The van der Waals surface area contributed by atoms with Crippen molar-refractivity contribution >= 4 is 10.0 Å². The fourth-order valence-electron chi connectivity index (χ4n) is 3.49. The summed E-state index contributed by atoms with van der Waals surface area (Å²) in [6.45, 7) is 6.97. The van der Waals surface area contributed by atoms with Crippen LogP contribution in [0.25, 0.3) is 0 Å². The van der Waals surface area contributed by atoms with E-state index in [4.69, 9.17) is 0 Å². The van der Waals surface area contributed by atoms with Crippen molar-refractivity contribution in [3.05, 3.63) is 71.3 Å². The van der Waals surface area contributed by atoms with Gasteiger partial charge in [-0.1, -0.05) is 60.2 Å². The molecule has 1 fully saturated rings. The van der Waals surface area contributed by atoms with Crippen LogP contribution in [0.1, 0.15) is 23.6 Å². The summed E-state index contributed by atoms with van der Waals surface area (Å²) in [4.78, 5) is 2.39. The zero-order valence-corrected chi connectivity index (χ0v) is 16.5. The number of aryl methyl sites for hydroxylation is 1. The van der Waals surface area contributed by atoms with Crippen LogP contribution in [-0.2, 0) is 22.2 Å². The number of hydrogen-bond donors (Lipinski definition) is 0. The number of nitrogens with zero attached hydrogens (tertiary/aromatic N) is 2. The summed E-state index contributed by atoms with van der Waals surface area (Å²) in [7, 11) is -3.25. The van der Waals surface area contributed by atoms with Crippen molar-refractivity contribution in [2.75, 3.05) is 26.2 Å². The molecule has 0 radical (unpaired) electrons. The van der Waals surface area contributed by atoms with E-state index < -0.39 is 10.0 Å². The number of sulfonamides is 1. The van der Waals surface area contributed by atoms with Gasteiger partial charge in [0, 0.05) is 32.2 Å². The highest BCUT2D eigenvalue weighted by Gasteiger charge is 2.28. The Morgan fingerprint density at radius 2 is 1.50 bits per heavy atom. The van der Waals surface area contributed by atoms with Crippen LogP contribution in [0.2, 0.25) is 0 Å². The van der Waals surface area contributed by atoms with Gasteiger partial charge in [-0.3, -0.25) is 4.90 Å². The van der Waals surface area contributed by atoms with Crippen LogP contribution in [0.5, 0.6) is 0 Å². The highest BCUT2D eigenvalue weighted by atomic mass is 32.2. The molecule has 0 N–H and O–H groups in total. The lowest BCUT2D eigenvalue weighted by molar-refractivity contribution is 0.145. The molecule has 1 atom stereocenters. The van der Waals surface area contributed by atoms with Gasteiger partial charge in [0.15, 0.2) is 0 Å². The third kappa shape index (κ3) is 4.93. The average molecular weight is 373 g/mol. The first-order chi connectivity index (χ1) is 12.4. The molecule has 0 spiro atoms. The first-order valence-electron chi connectivity index (χ1n) is 9.25. The van der Waals surface area contributed by atoms with Gasteiger partial charge in [-0.25, -0.2) is 8.42 Å². The Morgan fingerprint density at radius 1 is 0.885 bits per heavy atom. The SMILES string of the molecule is Cc1ccc(CS(=O)(=O)N2CCN(C(C)Cc3ccccc3)CC2)cc1. The molecule has 2 aromatic carbocycles. The van der Waals surface area contributed by atoms with Crippen LogP contribution >= 0.6 is 0 Å². The molecule has 140 valence electrons. The minimum atomic E-state index is -3.25. The Balaban J connectivity index is 1.54. The molecule has 0 amide bonds. The fourth-order valence-corrected chi connectivity index (χ4v) is 5.01. The monoisotopic (exact) mass is 372 g/mol. The quantitative estimate of drug-likeness (QED) is 0.782. The molecule has 1 unspecified atom stereocenters. The maximum absolute atomic E-state index is 12.7. The van der Waals surface area contributed by atoms with Gasteiger partial charge in [0.05, 0.1) is 5.75 Å². The highest BCUT2D eigenvalue weighted by Crippen LogP contribution is 2.17. The molecule has 1 heterocycles. The van der Waals surface area contributed by atoms with Crippen molar-refractivity contribution in [1.29, 1.82) is 0 Å². The maximum atomic E-state index is 12.7. The lowest BCUT2D eigenvalue weighted by atomic mass is 10.1. The predicted molar refractivity (Wildman–Crippen MR) is 107 cm³/mol. The molecule has 0 aromatic heterocycles. The van der Waals surface area contributed by atoms with Gasteiger partial charge in [0.1, 0.15) is 0 Å². The van der Waals surface area contributed by atoms with Crippen molar-refractivity contribution in [1.82, 2.24) is 9.21 Å². The second kappa shape index (κ2) is 8.33. The fraction of sp³-hybridized carbons (Fsp3) is 0.429. The van der Waals surface area contributed by atoms with E-state index >= 15 is 0 Å². The zero-order chi connectivity index (χ0) is 18.6. The number of rotatable bonds is 6. The van der Waals surface area contributed by atoms with Crippen LogP contribution in [0.15, 0.2) is 54.6 Å².